The molecule has 0 radical (unpaired) electrons. The number of hydrogen-bond acceptors (Lipinski definition) is 4. The highest BCUT2D eigenvalue weighted by Crippen LogP contribution is 2.30. The summed E-state index contributed by atoms with van der Waals surface area (Å²) >= 11 is 1.07. The Labute approximate surface area is 85.6 Å². The van der Waals surface area contributed by atoms with E-state index in [0.29, 0.717) is 5.69 Å². The van der Waals surface area contributed by atoms with Crippen LogP contribution in [0, 0.1) is 10.7 Å². The molecule has 0 spiro atoms. The Hall–Kier alpha value is -1.73. The molecule has 2 rings (SSSR count). The van der Waals surface area contributed by atoms with Gasteiger partial charge in [-0.3, -0.25) is 4.98 Å². The van der Waals surface area contributed by atoms with Crippen LogP contribution in [0.4, 0.5) is 5.69 Å². The number of benzene rings is 1. The second kappa shape index (κ2) is 3.56. The number of thioether (sulfide) groups is 1. The van der Waals surface area contributed by atoms with Gasteiger partial charge in [-0.1, -0.05) is 0 Å². The first kappa shape index (κ1) is 8.85. The SMILES string of the molecule is N#CSc1ccc2ncccc2c1N. The van der Waals surface area contributed by atoms with Crippen LogP contribution >= 0.6 is 11.8 Å². The quantitative estimate of drug-likeness (QED) is 0.437. The van der Waals surface area contributed by atoms with Crippen molar-refractivity contribution in [2.75, 3.05) is 5.73 Å². The van der Waals surface area contributed by atoms with Gasteiger partial charge in [0.1, 0.15) is 5.40 Å². The van der Waals surface area contributed by atoms with Crippen LogP contribution in [0.1, 0.15) is 0 Å². The molecule has 0 aliphatic rings. The van der Waals surface area contributed by atoms with Crippen molar-refractivity contribution in [1.82, 2.24) is 4.98 Å². The Bertz CT molecular complexity index is 516. The molecule has 0 saturated heterocycles. The van der Waals surface area contributed by atoms with Gasteiger partial charge in [0.2, 0.25) is 0 Å². The van der Waals surface area contributed by atoms with Crippen molar-refractivity contribution in [3.05, 3.63) is 30.5 Å². The molecule has 0 bridgehead atoms. The molecule has 0 fully saturated rings. The number of nitrogens with two attached hydrogens (primary N) is 1. The number of nitrogen functional groups attached to an aromatic ring is 1. The van der Waals surface area contributed by atoms with E-state index in [4.69, 9.17) is 11.0 Å². The second-order valence-corrected chi connectivity index (χ2v) is 3.57. The van der Waals surface area contributed by atoms with Crippen LogP contribution in [0.2, 0.25) is 0 Å². The van der Waals surface area contributed by atoms with Gasteiger partial charge in [0, 0.05) is 16.5 Å². The Morgan fingerprint density at radius 3 is 3.00 bits per heavy atom. The first-order chi connectivity index (χ1) is 6.83. The first-order valence-corrected chi connectivity index (χ1v) is 4.83. The molecule has 0 amide bonds. The first-order valence-electron chi connectivity index (χ1n) is 4.02. The average molecular weight is 201 g/mol. The fraction of sp³-hybridized carbons (Fsp3) is 0. The molecule has 0 aliphatic heterocycles. The summed E-state index contributed by atoms with van der Waals surface area (Å²) in [6, 6.07) is 7.42. The van der Waals surface area contributed by atoms with Crippen molar-refractivity contribution >= 4 is 28.4 Å². The molecule has 1 aromatic carbocycles. The zero-order chi connectivity index (χ0) is 9.97. The lowest BCUT2D eigenvalue weighted by atomic mass is 10.2. The molecule has 0 aliphatic carbocycles. The number of hydrogen-bond donors (Lipinski definition) is 1. The van der Waals surface area contributed by atoms with Gasteiger partial charge in [-0.25, -0.2) is 0 Å². The number of aromatic nitrogens is 1. The maximum atomic E-state index is 8.56. The van der Waals surface area contributed by atoms with Crippen molar-refractivity contribution in [1.29, 1.82) is 5.26 Å². The van der Waals surface area contributed by atoms with Gasteiger partial charge in [0.05, 0.1) is 11.2 Å². The molecule has 14 heavy (non-hydrogen) atoms. The van der Waals surface area contributed by atoms with Crippen molar-refractivity contribution in [3.63, 3.8) is 0 Å². The van der Waals surface area contributed by atoms with E-state index in [2.05, 4.69) is 4.98 Å². The highest BCUT2D eigenvalue weighted by molar-refractivity contribution is 8.03. The monoisotopic (exact) mass is 201 g/mol. The highest BCUT2D eigenvalue weighted by atomic mass is 32.2. The predicted molar refractivity (Wildman–Crippen MR) is 57.6 cm³/mol. The fourth-order valence-electron chi connectivity index (χ4n) is 1.29. The smallest absolute Gasteiger partial charge is 0.138 e. The third-order valence-electron chi connectivity index (χ3n) is 1.94. The fourth-order valence-corrected chi connectivity index (χ4v) is 1.75. The molecule has 68 valence electrons. The number of fused-ring (bicyclic) bond motifs is 1. The van der Waals surface area contributed by atoms with Crippen LogP contribution in [-0.2, 0) is 0 Å². The molecule has 1 aromatic heterocycles. The molecule has 2 N–H and O–H groups in total. The standard InChI is InChI=1S/C10H7N3S/c11-6-14-9-4-3-8-7(10(9)12)2-1-5-13-8/h1-5H,12H2. The van der Waals surface area contributed by atoms with Crippen LogP contribution in [-0.4, -0.2) is 4.98 Å². The van der Waals surface area contributed by atoms with Crippen LogP contribution in [0.5, 0.6) is 0 Å². The van der Waals surface area contributed by atoms with Crippen LogP contribution in [0.25, 0.3) is 10.9 Å². The van der Waals surface area contributed by atoms with Crippen LogP contribution in [0.3, 0.4) is 0 Å². The van der Waals surface area contributed by atoms with Crippen LogP contribution < -0.4 is 5.73 Å². The predicted octanol–water partition coefficient (Wildman–Crippen LogP) is 2.39. The molecule has 2 aromatic rings. The minimum absolute atomic E-state index is 0.627. The third kappa shape index (κ3) is 1.38. The van der Waals surface area contributed by atoms with Crippen molar-refractivity contribution in [2.24, 2.45) is 0 Å². The molecule has 0 unspecified atom stereocenters. The molecule has 4 heteroatoms. The summed E-state index contributed by atoms with van der Waals surface area (Å²) in [5.41, 5.74) is 7.37. The van der Waals surface area contributed by atoms with Crippen molar-refractivity contribution in [3.8, 4) is 5.40 Å². The zero-order valence-corrected chi connectivity index (χ0v) is 8.08. The Morgan fingerprint density at radius 2 is 2.21 bits per heavy atom. The average Bonchev–Trinajstić information content (AvgIpc) is 2.23. The van der Waals surface area contributed by atoms with Crippen LogP contribution in [0.15, 0.2) is 35.4 Å². The van der Waals surface area contributed by atoms with E-state index in [1.54, 1.807) is 6.20 Å². The summed E-state index contributed by atoms with van der Waals surface area (Å²) in [5, 5.41) is 11.5. The van der Waals surface area contributed by atoms with Gasteiger partial charge in [0.25, 0.3) is 0 Å². The van der Waals surface area contributed by atoms with Gasteiger partial charge < -0.3 is 5.73 Å². The lowest BCUT2D eigenvalue weighted by molar-refractivity contribution is 1.39. The molecule has 3 nitrogen and oxygen atoms in total. The van der Waals surface area contributed by atoms with Crippen molar-refractivity contribution in [2.45, 2.75) is 4.90 Å². The van der Waals surface area contributed by atoms with E-state index < -0.39 is 0 Å². The number of rotatable bonds is 1. The number of thiocyanates is 1. The maximum Gasteiger partial charge on any atom is 0.138 e. The Morgan fingerprint density at radius 1 is 1.36 bits per heavy atom. The molecular weight excluding hydrogens is 194 g/mol. The summed E-state index contributed by atoms with van der Waals surface area (Å²) < 4.78 is 0. The Balaban J connectivity index is 2.70. The lowest BCUT2D eigenvalue weighted by Crippen LogP contribution is -1.90. The highest BCUT2D eigenvalue weighted by Gasteiger charge is 2.04. The molecule has 0 atom stereocenters. The van der Waals surface area contributed by atoms with Gasteiger partial charge in [-0.2, -0.15) is 5.26 Å². The van der Waals surface area contributed by atoms with E-state index in [9.17, 15) is 0 Å². The van der Waals surface area contributed by atoms with Gasteiger partial charge in [-0.15, -0.1) is 0 Å². The summed E-state index contributed by atoms with van der Waals surface area (Å²) in [5.74, 6) is 0. The number of anilines is 1. The van der Waals surface area contributed by atoms with E-state index in [-0.39, 0.29) is 0 Å². The zero-order valence-electron chi connectivity index (χ0n) is 7.27. The second-order valence-electron chi connectivity index (χ2n) is 2.74. The van der Waals surface area contributed by atoms with E-state index in [1.807, 2.05) is 29.7 Å². The molecular formula is C10H7N3S. The minimum atomic E-state index is 0.627. The van der Waals surface area contributed by atoms with E-state index in [0.717, 1.165) is 27.6 Å². The topological polar surface area (TPSA) is 62.7 Å². The van der Waals surface area contributed by atoms with Crippen molar-refractivity contribution < 1.29 is 0 Å². The van der Waals surface area contributed by atoms with Gasteiger partial charge in [-0.05, 0) is 36.0 Å². The van der Waals surface area contributed by atoms with E-state index in [1.165, 1.54) is 0 Å². The number of nitriles is 1. The summed E-state index contributed by atoms with van der Waals surface area (Å²) in [6.45, 7) is 0. The van der Waals surface area contributed by atoms with E-state index >= 15 is 0 Å². The number of nitrogens with zero attached hydrogens (tertiary/aromatic N) is 2. The van der Waals surface area contributed by atoms with Gasteiger partial charge in [0.15, 0.2) is 0 Å². The summed E-state index contributed by atoms with van der Waals surface area (Å²) in [6.07, 6.45) is 1.72. The summed E-state index contributed by atoms with van der Waals surface area (Å²) in [7, 11) is 0. The Kier molecular flexibility index (Phi) is 2.25. The minimum Gasteiger partial charge on any atom is -0.397 e. The third-order valence-corrected chi connectivity index (χ3v) is 2.61. The molecule has 0 saturated carbocycles. The normalized spacial score (nSPS) is 9.93. The largest absolute Gasteiger partial charge is 0.397 e. The lowest BCUT2D eigenvalue weighted by Gasteiger charge is -2.04. The number of pyridine rings is 1. The van der Waals surface area contributed by atoms with Gasteiger partial charge >= 0.3 is 0 Å². The summed E-state index contributed by atoms with van der Waals surface area (Å²) in [4.78, 5) is 4.96. The maximum absolute atomic E-state index is 8.56. The molecule has 1 heterocycles.